The lowest BCUT2D eigenvalue weighted by molar-refractivity contribution is -0.181. The Hall–Kier alpha value is -1.03. The molecule has 1 saturated heterocycles. The van der Waals surface area contributed by atoms with Crippen molar-refractivity contribution in [1.29, 1.82) is 0 Å². The Morgan fingerprint density at radius 1 is 1.16 bits per heavy atom. The largest absolute Gasteiger partial charge is 0.403 e. The Morgan fingerprint density at radius 2 is 1.76 bits per heavy atom. The lowest BCUT2D eigenvalue weighted by Gasteiger charge is -2.39. The van der Waals surface area contributed by atoms with Gasteiger partial charge in [-0.2, -0.15) is 13.2 Å². The summed E-state index contributed by atoms with van der Waals surface area (Å²) in [7, 11) is 0. The second kappa shape index (κ2) is 10.2. The molecule has 1 aromatic rings. The number of piperazine rings is 1. The first-order valence-corrected chi connectivity index (χ1v) is 8.29. The van der Waals surface area contributed by atoms with Gasteiger partial charge in [-0.15, -0.1) is 24.0 Å². The summed E-state index contributed by atoms with van der Waals surface area (Å²) < 4.78 is 38.5. The number of nitrogens with one attached hydrogen (secondary N) is 1. The maximum Gasteiger partial charge on any atom is 0.403 e. The highest BCUT2D eigenvalue weighted by Crippen LogP contribution is 2.25. The lowest BCUT2D eigenvalue weighted by atomic mass is 10.2. The highest BCUT2D eigenvalue weighted by molar-refractivity contribution is 14.0. The number of hydrogen-bond donors (Lipinski definition) is 1. The first kappa shape index (κ1) is 22.0. The summed E-state index contributed by atoms with van der Waals surface area (Å²) in [6.45, 7) is 6.36. The lowest BCUT2D eigenvalue weighted by Crippen LogP contribution is -2.56. The van der Waals surface area contributed by atoms with Gasteiger partial charge >= 0.3 is 6.18 Å². The Balaban J connectivity index is 0.00000312. The number of guanidine groups is 1. The molecule has 0 bridgehead atoms. The van der Waals surface area contributed by atoms with E-state index in [1.165, 1.54) is 11.8 Å². The van der Waals surface area contributed by atoms with E-state index in [2.05, 4.69) is 10.3 Å². The smallest absolute Gasteiger partial charge is 0.357 e. The minimum atomic E-state index is -4.17. The molecule has 0 saturated carbocycles. The van der Waals surface area contributed by atoms with Crippen molar-refractivity contribution in [1.82, 2.24) is 15.1 Å². The van der Waals surface area contributed by atoms with Crippen LogP contribution in [0.5, 0.6) is 0 Å². The van der Waals surface area contributed by atoms with Crippen molar-refractivity contribution in [3.63, 3.8) is 0 Å². The summed E-state index contributed by atoms with van der Waals surface area (Å²) in [6.07, 6.45) is -4.17. The van der Waals surface area contributed by atoms with Gasteiger partial charge in [0, 0.05) is 32.7 Å². The van der Waals surface area contributed by atoms with Gasteiger partial charge in [-0.3, -0.25) is 4.90 Å². The zero-order valence-corrected chi connectivity index (χ0v) is 16.9. The third-order valence-electron chi connectivity index (χ3n) is 4.22. The second-order valence-corrected chi connectivity index (χ2v) is 5.90. The molecule has 142 valence electrons. The van der Waals surface area contributed by atoms with Crippen LogP contribution in [0.2, 0.25) is 0 Å². The normalized spacial score (nSPS) is 17.8. The maximum atomic E-state index is 12.8. The molecule has 1 N–H and O–H groups in total. The van der Waals surface area contributed by atoms with Gasteiger partial charge in [-0.1, -0.05) is 30.3 Å². The van der Waals surface area contributed by atoms with E-state index >= 15 is 0 Å². The van der Waals surface area contributed by atoms with Gasteiger partial charge in [-0.25, -0.2) is 4.99 Å². The topological polar surface area (TPSA) is 30.9 Å². The fourth-order valence-electron chi connectivity index (χ4n) is 2.70. The summed E-state index contributed by atoms with van der Waals surface area (Å²) in [6, 6.07) is 8.51. The average molecular weight is 470 g/mol. The molecule has 0 radical (unpaired) electrons. The summed E-state index contributed by atoms with van der Waals surface area (Å²) in [5.41, 5.74) is 1.11. The van der Waals surface area contributed by atoms with E-state index in [9.17, 15) is 13.2 Å². The maximum absolute atomic E-state index is 12.8. The molecule has 1 fully saturated rings. The van der Waals surface area contributed by atoms with Crippen molar-refractivity contribution >= 4 is 29.9 Å². The van der Waals surface area contributed by atoms with E-state index in [1.807, 2.05) is 42.2 Å². The zero-order chi connectivity index (χ0) is 17.6. The molecule has 1 aliphatic rings. The molecule has 1 atom stereocenters. The fourth-order valence-corrected chi connectivity index (χ4v) is 2.70. The summed E-state index contributed by atoms with van der Waals surface area (Å²) >= 11 is 0. The molecule has 8 heteroatoms. The number of aliphatic imine (C=N–C) groups is 1. The standard InChI is InChI=1S/C17H25F3N4.HI/c1-3-21-16(22-13-15-7-5-4-6-8-15)24-11-9-23(10-12-24)14(2)17(18,19)20;/h4-8,14H,3,9-13H2,1-2H3,(H,21,22);1H. The predicted octanol–water partition coefficient (Wildman–Crippen LogP) is 3.34. The van der Waals surface area contributed by atoms with Crippen LogP contribution in [0, 0.1) is 0 Å². The summed E-state index contributed by atoms with van der Waals surface area (Å²) in [5, 5.41) is 3.23. The summed E-state index contributed by atoms with van der Waals surface area (Å²) in [5.74, 6) is 0.765. The van der Waals surface area contributed by atoms with Crippen LogP contribution in [-0.4, -0.2) is 60.7 Å². The molecule has 2 rings (SSSR count). The molecule has 1 heterocycles. The molecule has 1 aromatic carbocycles. The van der Waals surface area contributed by atoms with Crippen LogP contribution in [0.4, 0.5) is 13.2 Å². The van der Waals surface area contributed by atoms with Crippen LogP contribution in [0.3, 0.4) is 0 Å². The Morgan fingerprint density at radius 3 is 2.28 bits per heavy atom. The van der Waals surface area contributed by atoms with E-state index in [-0.39, 0.29) is 24.0 Å². The number of hydrogen-bond acceptors (Lipinski definition) is 2. The minimum absolute atomic E-state index is 0. The molecule has 1 unspecified atom stereocenters. The van der Waals surface area contributed by atoms with Crippen molar-refractivity contribution in [3.05, 3.63) is 35.9 Å². The van der Waals surface area contributed by atoms with Crippen LogP contribution in [-0.2, 0) is 6.54 Å². The van der Waals surface area contributed by atoms with Gasteiger partial charge in [0.05, 0.1) is 6.54 Å². The van der Waals surface area contributed by atoms with Crippen molar-refractivity contribution in [3.8, 4) is 0 Å². The molecule has 0 aromatic heterocycles. The van der Waals surface area contributed by atoms with Crippen molar-refractivity contribution in [2.75, 3.05) is 32.7 Å². The third kappa shape index (κ3) is 6.65. The van der Waals surface area contributed by atoms with E-state index in [4.69, 9.17) is 0 Å². The van der Waals surface area contributed by atoms with Gasteiger partial charge in [0.1, 0.15) is 6.04 Å². The quantitative estimate of drug-likeness (QED) is 0.416. The molecule has 0 amide bonds. The van der Waals surface area contributed by atoms with Crippen molar-refractivity contribution < 1.29 is 13.2 Å². The molecule has 25 heavy (non-hydrogen) atoms. The second-order valence-electron chi connectivity index (χ2n) is 5.90. The molecular weight excluding hydrogens is 444 g/mol. The van der Waals surface area contributed by atoms with Crippen LogP contribution in [0.1, 0.15) is 19.4 Å². The molecule has 4 nitrogen and oxygen atoms in total. The molecular formula is C17H26F3IN4. The Bertz CT molecular complexity index is 528. The average Bonchev–Trinajstić information content (AvgIpc) is 2.58. The zero-order valence-electron chi connectivity index (χ0n) is 14.6. The van der Waals surface area contributed by atoms with E-state index in [1.54, 1.807) is 0 Å². The van der Waals surface area contributed by atoms with Gasteiger partial charge in [0.25, 0.3) is 0 Å². The van der Waals surface area contributed by atoms with Gasteiger partial charge in [0.15, 0.2) is 5.96 Å². The van der Waals surface area contributed by atoms with E-state index < -0.39 is 12.2 Å². The molecule has 0 aliphatic carbocycles. The SMILES string of the molecule is CCNC(=NCc1ccccc1)N1CCN(C(C)C(F)(F)F)CC1.I. The fraction of sp³-hybridized carbons (Fsp3) is 0.588. The third-order valence-corrected chi connectivity index (χ3v) is 4.22. The number of rotatable bonds is 4. The number of halogens is 4. The number of alkyl halides is 3. The van der Waals surface area contributed by atoms with Gasteiger partial charge in [0.2, 0.25) is 0 Å². The highest BCUT2D eigenvalue weighted by atomic mass is 127. The number of nitrogens with zero attached hydrogens (tertiary/aromatic N) is 3. The van der Waals surface area contributed by atoms with Crippen molar-refractivity contribution in [2.45, 2.75) is 32.6 Å². The van der Waals surface area contributed by atoms with Crippen LogP contribution < -0.4 is 5.32 Å². The molecule has 1 aliphatic heterocycles. The van der Waals surface area contributed by atoms with Crippen LogP contribution in [0.15, 0.2) is 35.3 Å². The Labute approximate surface area is 164 Å². The Kier molecular flexibility index (Phi) is 8.98. The van der Waals surface area contributed by atoms with E-state index in [0.29, 0.717) is 32.7 Å². The van der Waals surface area contributed by atoms with Gasteiger partial charge in [-0.05, 0) is 19.4 Å². The predicted molar refractivity (Wildman–Crippen MR) is 105 cm³/mol. The monoisotopic (exact) mass is 470 g/mol. The van der Waals surface area contributed by atoms with E-state index in [0.717, 1.165) is 18.1 Å². The van der Waals surface area contributed by atoms with Crippen LogP contribution >= 0.6 is 24.0 Å². The van der Waals surface area contributed by atoms with Gasteiger partial charge < -0.3 is 10.2 Å². The number of benzene rings is 1. The minimum Gasteiger partial charge on any atom is -0.357 e. The summed E-state index contributed by atoms with van der Waals surface area (Å²) in [4.78, 5) is 8.13. The van der Waals surface area contributed by atoms with Crippen LogP contribution in [0.25, 0.3) is 0 Å². The van der Waals surface area contributed by atoms with Crippen molar-refractivity contribution in [2.24, 2.45) is 4.99 Å². The highest BCUT2D eigenvalue weighted by Gasteiger charge is 2.41. The first-order chi connectivity index (χ1) is 11.4. The first-order valence-electron chi connectivity index (χ1n) is 8.29. The molecule has 0 spiro atoms.